The maximum absolute atomic E-state index is 13.7. The molecule has 0 bridgehead atoms. The number of ether oxygens (including phenoxy) is 1. The smallest absolute Gasteiger partial charge is 0.365 e. The lowest BCUT2D eigenvalue weighted by atomic mass is 9.83. The van der Waals surface area contributed by atoms with Crippen LogP contribution in [0.4, 0.5) is 13.2 Å². The molecule has 1 heterocycles. The lowest BCUT2D eigenvalue weighted by Gasteiger charge is -2.40. The highest BCUT2D eigenvalue weighted by Gasteiger charge is 2.39. The van der Waals surface area contributed by atoms with E-state index >= 15 is 0 Å². The summed E-state index contributed by atoms with van der Waals surface area (Å²) in [5.41, 5.74) is 0.583. The van der Waals surface area contributed by atoms with Gasteiger partial charge < -0.3 is 4.74 Å². The van der Waals surface area contributed by atoms with Gasteiger partial charge in [0.1, 0.15) is 0 Å². The van der Waals surface area contributed by atoms with Crippen LogP contribution >= 0.6 is 11.6 Å². The van der Waals surface area contributed by atoms with Crippen molar-refractivity contribution in [3.05, 3.63) is 64.7 Å². The minimum absolute atomic E-state index is 0.208. The summed E-state index contributed by atoms with van der Waals surface area (Å²) >= 11 is 5.93. The molecule has 0 aliphatic carbocycles. The molecule has 1 aliphatic heterocycles. The molecule has 144 valence electrons. The largest absolute Gasteiger partial charge is 0.416 e. The van der Waals surface area contributed by atoms with Crippen LogP contribution in [-0.4, -0.2) is 11.2 Å². The highest BCUT2D eigenvalue weighted by atomic mass is 35.5. The van der Waals surface area contributed by atoms with Gasteiger partial charge in [0, 0.05) is 11.4 Å². The van der Waals surface area contributed by atoms with Crippen molar-refractivity contribution in [3.63, 3.8) is 0 Å². The molecule has 2 aromatic rings. The van der Waals surface area contributed by atoms with E-state index in [-0.39, 0.29) is 5.56 Å². The molecule has 0 saturated heterocycles. The highest BCUT2D eigenvalue weighted by molar-refractivity contribution is 6.30. The Hall–Kier alpha value is -1.78. The molecule has 0 unspecified atom stereocenters. The first-order valence-corrected chi connectivity index (χ1v) is 9.14. The quantitative estimate of drug-likeness (QED) is 0.516. The third-order valence-electron chi connectivity index (χ3n) is 4.53. The molecule has 0 N–H and O–H groups in total. The standard InChI is InChI=1S/C22H22ClF3O/c1-20(2)12-16(13-21(3,4)27-20)18-11-15(7-10-19(18)22(24,25)26)14-5-8-17(23)9-6-14/h5-12H,13H2,1-4H3. The molecule has 1 nitrogen and oxygen atoms in total. The first kappa shape index (κ1) is 20.0. The van der Waals surface area contributed by atoms with E-state index in [1.54, 1.807) is 36.4 Å². The van der Waals surface area contributed by atoms with Crippen molar-refractivity contribution in [3.8, 4) is 11.1 Å². The second-order valence-corrected chi connectivity index (χ2v) is 8.51. The van der Waals surface area contributed by atoms with E-state index in [9.17, 15) is 13.2 Å². The van der Waals surface area contributed by atoms with Gasteiger partial charge in [-0.25, -0.2) is 0 Å². The molecule has 2 aromatic carbocycles. The van der Waals surface area contributed by atoms with Crippen LogP contribution in [0.25, 0.3) is 16.7 Å². The molecule has 1 aliphatic rings. The van der Waals surface area contributed by atoms with Crippen molar-refractivity contribution < 1.29 is 17.9 Å². The van der Waals surface area contributed by atoms with Crippen LogP contribution in [0, 0.1) is 0 Å². The summed E-state index contributed by atoms with van der Waals surface area (Å²) in [6.45, 7) is 7.53. The number of benzene rings is 2. The van der Waals surface area contributed by atoms with Crippen molar-refractivity contribution in [1.82, 2.24) is 0 Å². The Morgan fingerprint density at radius 3 is 2.07 bits per heavy atom. The molecule has 5 heteroatoms. The summed E-state index contributed by atoms with van der Waals surface area (Å²) in [6, 6.07) is 11.4. The van der Waals surface area contributed by atoms with Crippen LogP contribution in [0.15, 0.2) is 48.5 Å². The first-order chi connectivity index (χ1) is 12.4. The Labute approximate surface area is 162 Å². The van der Waals surface area contributed by atoms with Gasteiger partial charge in [0.2, 0.25) is 0 Å². The highest BCUT2D eigenvalue weighted by Crippen LogP contribution is 2.44. The maximum Gasteiger partial charge on any atom is 0.416 e. The summed E-state index contributed by atoms with van der Waals surface area (Å²) in [5.74, 6) is 0. The minimum Gasteiger partial charge on any atom is -0.365 e. The molecule has 0 aromatic heterocycles. The predicted molar refractivity (Wildman–Crippen MR) is 104 cm³/mol. The fourth-order valence-electron chi connectivity index (χ4n) is 3.76. The average Bonchev–Trinajstić information content (AvgIpc) is 2.51. The van der Waals surface area contributed by atoms with E-state index in [0.717, 1.165) is 17.2 Å². The van der Waals surface area contributed by atoms with E-state index in [4.69, 9.17) is 16.3 Å². The molecule has 3 rings (SSSR count). The summed E-state index contributed by atoms with van der Waals surface area (Å²) in [6.07, 6.45) is -2.22. The van der Waals surface area contributed by atoms with Crippen LogP contribution < -0.4 is 0 Å². The normalized spacial score (nSPS) is 18.9. The summed E-state index contributed by atoms with van der Waals surface area (Å²) in [5, 5.41) is 0.585. The Bertz CT molecular complexity index is 877. The summed E-state index contributed by atoms with van der Waals surface area (Å²) < 4.78 is 47.1. The van der Waals surface area contributed by atoms with Crippen LogP contribution in [-0.2, 0) is 10.9 Å². The average molecular weight is 395 g/mol. The van der Waals surface area contributed by atoms with E-state index in [0.29, 0.717) is 17.0 Å². The topological polar surface area (TPSA) is 9.23 Å². The predicted octanol–water partition coefficient (Wildman–Crippen LogP) is 7.39. The van der Waals surface area contributed by atoms with Gasteiger partial charge in [-0.3, -0.25) is 0 Å². The molecule has 0 fully saturated rings. The van der Waals surface area contributed by atoms with Crippen molar-refractivity contribution in [2.45, 2.75) is 51.5 Å². The van der Waals surface area contributed by atoms with Gasteiger partial charge in [-0.05, 0) is 80.3 Å². The second kappa shape index (κ2) is 6.68. The molecule has 0 spiro atoms. The van der Waals surface area contributed by atoms with Crippen molar-refractivity contribution in [1.29, 1.82) is 0 Å². The van der Waals surface area contributed by atoms with Crippen LogP contribution in [0.1, 0.15) is 45.2 Å². The number of hydrogen-bond acceptors (Lipinski definition) is 1. The van der Waals surface area contributed by atoms with Crippen molar-refractivity contribution in [2.24, 2.45) is 0 Å². The summed E-state index contributed by atoms with van der Waals surface area (Å²) in [4.78, 5) is 0. The van der Waals surface area contributed by atoms with E-state index in [1.807, 2.05) is 27.7 Å². The SMILES string of the molecule is CC1(C)C=C(c2cc(-c3ccc(Cl)cc3)ccc2C(F)(F)F)CC(C)(C)O1. The van der Waals surface area contributed by atoms with Crippen LogP contribution in [0.2, 0.25) is 5.02 Å². The zero-order valence-electron chi connectivity index (χ0n) is 15.7. The molecule has 27 heavy (non-hydrogen) atoms. The van der Waals surface area contributed by atoms with Gasteiger partial charge in [-0.2, -0.15) is 13.2 Å². The fourth-order valence-corrected chi connectivity index (χ4v) is 3.88. The van der Waals surface area contributed by atoms with E-state index in [2.05, 4.69) is 0 Å². The first-order valence-electron chi connectivity index (χ1n) is 8.76. The van der Waals surface area contributed by atoms with Gasteiger partial charge >= 0.3 is 6.18 Å². The minimum atomic E-state index is -4.43. The number of halogens is 4. The molecule has 0 atom stereocenters. The number of hydrogen-bond donors (Lipinski definition) is 0. The van der Waals surface area contributed by atoms with Gasteiger partial charge in [0.15, 0.2) is 0 Å². The Kier molecular flexibility index (Phi) is 4.94. The maximum atomic E-state index is 13.7. The van der Waals surface area contributed by atoms with Gasteiger partial charge in [-0.1, -0.05) is 29.8 Å². The Morgan fingerprint density at radius 2 is 1.52 bits per heavy atom. The van der Waals surface area contributed by atoms with Crippen molar-refractivity contribution >= 4 is 17.2 Å². The second-order valence-electron chi connectivity index (χ2n) is 8.08. The number of rotatable bonds is 2. The monoisotopic (exact) mass is 394 g/mol. The molecule has 0 radical (unpaired) electrons. The molecule has 0 saturated carbocycles. The molecular weight excluding hydrogens is 373 g/mol. The lowest BCUT2D eigenvalue weighted by molar-refractivity contribution is -0.138. The van der Waals surface area contributed by atoms with Gasteiger partial charge in [0.05, 0.1) is 16.8 Å². The van der Waals surface area contributed by atoms with Crippen LogP contribution in [0.3, 0.4) is 0 Å². The van der Waals surface area contributed by atoms with Gasteiger partial charge in [0.25, 0.3) is 0 Å². The zero-order valence-corrected chi connectivity index (χ0v) is 16.5. The summed E-state index contributed by atoms with van der Waals surface area (Å²) in [7, 11) is 0. The van der Waals surface area contributed by atoms with Crippen LogP contribution in [0.5, 0.6) is 0 Å². The Morgan fingerprint density at radius 1 is 0.926 bits per heavy atom. The fraction of sp³-hybridized carbons (Fsp3) is 0.364. The number of alkyl halides is 3. The van der Waals surface area contributed by atoms with Gasteiger partial charge in [-0.15, -0.1) is 0 Å². The zero-order chi connectivity index (χ0) is 20.0. The third-order valence-corrected chi connectivity index (χ3v) is 4.78. The third kappa shape index (κ3) is 4.56. The van der Waals surface area contributed by atoms with E-state index < -0.39 is 22.9 Å². The van der Waals surface area contributed by atoms with E-state index in [1.165, 1.54) is 6.07 Å². The Balaban J connectivity index is 2.18. The lowest BCUT2D eigenvalue weighted by Crippen LogP contribution is -2.39. The molecule has 0 amide bonds. The molecular formula is C22H22ClF3O. The van der Waals surface area contributed by atoms with Crippen molar-refractivity contribution in [2.75, 3.05) is 0 Å².